The number of anilines is 2. The molecule has 4 N–H and O–H groups in total. The summed E-state index contributed by atoms with van der Waals surface area (Å²) in [6.45, 7) is 6.29. The van der Waals surface area contributed by atoms with Gasteiger partial charge in [0.1, 0.15) is 11.6 Å². The second-order valence-electron chi connectivity index (χ2n) is 6.74. The van der Waals surface area contributed by atoms with E-state index in [9.17, 15) is 9.90 Å². The van der Waals surface area contributed by atoms with Crippen molar-refractivity contribution in [1.29, 1.82) is 0 Å². The Morgan fingerprint density at radius 2 is 2.07 bits per heavy atom. The molecule has 0 aliphatic carbocycles. The lowest BCUT2D eigenvalue weighted by molar-refractivity contribution is -0.142. The van der Waals surface area contributed by atoms with Gasteiger partial charge in [-0.3, -0.25) is 4.79 Å². The Labute approximate surface area is 171 Å². The van der Waals surface area contributed by atoms with E-state index in [1.54, 1.807) is 14.0 Å². The van der Waals surface area contributed by atoms with Gasteiger partial charge in [-0.2, -0.15) is 4.98 Å². The molecular formula is C21H30N4O4. The molecule has 1 aromatic heterocycles. The van der Waals surface area contributed by atoms with Gasteiger partial charge in [-0.15, -0.1) is 0 Å². The molecule has 0 aliphatic heterocycles. The zero-order chi connectivity index (χ0) is 21.4. The molecule has 0 amide bonds. The minimum atomic E-state index is -0.476. The van der Waals surface area contributed by atoms with E-state index in [1.165, 1.54) is 0 Å². The number of nitrogens with two attached hydrogens (primary N) is 1. The third-order valence-electron chi connectivity index (χ3n) is 4.58. The van der Waals surface area contributed by atoms with E-state index in [-0.39, 0.29) is 18.3 Å². The van der Waals surface area contributed by atoms with Crippen molar-refractivity contribution in [2.75, 3.05) is 31.3 Å². The summed E-state index contributed by atoms with van der Waals surface area (Å²) in [5, 5.41) is 13.0. The van der Waals surface area contributed by atoms with E-state index in [4.69, 9.17) is 15.2 Å². The molecule has 0 radical (unpaired) electrons. The van der Waals surface area contributed by atoms with Gasteiger partial charge in [-0.1, -0.05) is 19.1 Å². The number of nitrogens with zero attached hydrogens (tertiary/aromatic N) is 2. The fourth-order valence-electron chi connectivity index (χ4n) is 2.95. The van der Waals surface area contributed by atoms with Crippen molar-refractivity contribution in [3.63, 3.8) is 0 Å². The van der Waals surface area contributed by atoms with Gasteiger partial charge >= 0.3 is 5.97 Å². The van der Waals surface area contributed by atoms with Crippen LogP contribution in [-0.2, 0) is 22.4 Å². The molecule has 0 fully saturated rings. The van der Waals surface area contributed by atoms with Gasteiger partial charge < -0.3 is 25.6 Å². The average molecular weight is 402 g/mol. The van der Waals surface area contributed by atoms with Crippen LogP contribution in [0.2, 0.25) is 0 Å². The molecule has 0 saturated heterocycles. The molecule has 1 heterocycles. The number of benzene rings is 1. The number of hydrogen-bond donors (Lipinski definition) is 3. The number of aliphatic hydroxyl groups is 1. The molecule has 2 rings (SSSR count). The molecule has 8 nitrogen and oxygen atoms in total. The van der Waals surface area contributed by atoms with Crippen molar-refractivity contribution in [2.24, 2.45) is 0 Å². The quantitative estimate of drug-likeness (QED) is 0.518. The number of esters is 1. The van der Waals surface area contributed by atoms with Gasteiger partial charge in [0.25, 0.3) is 0 Å². The molecule has 0 saturated carbocycles. The van der Waals surface area contributed by atoms with E-state index in [1.807, 2.05) is 32.0 Å². The molecule has 0 spiro atoms. The maximum Gasteiger partial charge on any atom is 0.310 e. The molecule has 2 aromatic rings. The number of aliphatic hydroxyl groups excluding tert-OH is 1. The van der Waals surface area contributed by atoms with Crippen LogP contribution in [0.5, 0.6) is 5.75 Å². The average Bonchev–Trinajstić information content (AvgIpc) is 2.69. The third kappa shape index (κ3) is 6.32. The summed E-state index contributed by atoms with van der Waals surface area (Å²) in [5.41, 5.74) is 9.19. The summed E-state index contributed by atoms with van der Waals surface area (Å²) in [5.74, 6) is 1.17. The maximum atomic E-state index is 11.7. The zero-order valence-corrected chi connectivity index (χ0v) is 17.5. The Morgan fingerprint density at radius 1 is 1.31 bits per heavy atom. The van der Waals surface area contributed by atoms with Gasteiger partial charge in [0, 0.05) is 24.2 Å². The number of methoxy groups -OCH3 is 1. The van der Waals surface area contributed by atoms with Crippen LogP contribution in [0, 0.1) is 6.92 Å². The van der Waals surface area contributed by atoms with Gasteiger partial charge in [0.05, 0.1) is 26.2 Å². The van der Waals surface area contributed by atoms with E-state index >= 15 is 0 Å². The molecule has 8 heteroatoms. The van der Waals surface area contributed by atoms with Crippen LogP contribution >= 0.6 is 0 Å². The summed E-state index contributed by atoms with van der Waals surface area (Å²) in [6.07, 6.45) is 0.865. The Kier molecular flexibility index (Phi) is 8.21. The Morgan fingerprint density at radius 3 is 2.72 bits per heavy atom. The first kappa shape index (κ1) is 22.4. The number of carbonyl (C=O) groups is 1. The molecule has 1 unspecified atom stereocenters. The van der Waals surface area contributed by atoms with Crippen LogP contribution in [0.1, 0.15) is 42.7 Å². The van der Waals surface area contributed by atoms with Gasteiger partial charge in [-0.05, 0) is 37.5 Å². The number of aryl methyl sites for hydroxylation is 1. The highest BCUT2D eigenvalue weighted by atomic mass is 16.5. The van der Waals surface area contributed by atoms with E-state index in [2.05, 4.69) is 15.3 Å². The Hall–Kier alpha value is -2.87. The van der Waals surface area contributed by atoms with Crippen LogP contribution < -0.4 is 15.8 Å². The maximum absolute atomic E-state index is 11.7. The monoisotopic (exact) mass is 402 g/mol. The van der Waals surface area contributed by atoms with Crippen LogP contribution in [0.25, 0.3) is 0 Å². The third-order valence-corrected chi connectivity index (χ3v) is 4.58. The number of hydrogen-bond acceptors (Lipinski definition) is 8. The van der Waals surface area contributed by atoms with E-state index < -0.39 is 6.10 Å². The lowest BCUT2D eigenvalue weighted by atomic mass is 10.0. The van der Waals surface area contributed by atoms with Crippen LogP contribution in [0.3, 0.4) is 0 Å². The molecule has 0 aliphatic rings. The summed E-state index contributed by atoms with van der Waals surface area (Å²) in [7, 11) is 1.59. The topological polar surface area (TPSA) is 120 Å². The normalized spacial score (nSPS) is 11.8. The molecule has 29 heavy (non-hydrogen) atoms. The number of nitrogens with one attached hydrogen (secondary N) is 1. The fraction of sp³-hybridized carbons (Fsp3) is 0.476. The number of rotatable bonds is 10. The predicted octanol–water partition coefficient (Wildman–Crippen LogP) is 2.26. The summed E-state index contributed by atoms with van der Waals surface area (Å²) in [6, 6.07) is 5.65. The minimum absolute atomic E-state index is 0.177. The highest BCUT2D eigenvalue weighted by molar-refractivity contribution is 5.72. The summed E-state index contributed by atoms with van der Waals surface area (Å²) >= 11 is 0. The SMILES string of the molecule is CCOC(=O)Cc1ccc(Cc2c(C)nc(N)nc2NCC(O)CC)c(OC)c1. The molecule has 158 valence electrons. The van der Waals surface area contributed by atoms with Crippen LogP contribution in [-0.4, -0.2) is 47.4 Å². The van der Waals surface area contributed by atoms with Gasteiger partial charge in [0.15, 0.2) is 0 Å². The summed E-state index contributed by atoms with van der Waals surface area (Å²) < 4.78 is 10.5. The van der Waals surface area contributed by atoms with Crippen molar-refractivity contribution < 1.29 is 19.4 Å². The number of ether oxygens (including phenoxy) is 2. The first-order chi connectivity index (χ1) is 13.9. The molecule has 0 bridgehead atoms. The second-order valence-corrected chi connectivity index (χ2v) is 6.74. The second kappa shape index (κ2) is 10.6. The first-order valence-electron chi connectivity index (χ1n) is 9.74. The van der Waals surface area contributed by atoms with Crippen molar-refractivity contribution >= 4 is 17.7 Å². The molecule has 1 aromatic carbocycles. The lowest BCUT2D eigenvalue weighted by Gasteiger charge is -2.17. The number of nitrogen functional groups attached to an aromatic ring is 1. The minimum Gasteiger partial charge on any atom is -0.496 e. The number of carbonyl (C=O) groups excluding carboxylic acids is 1. The summed E-state index contributed by atoms with van der Waals surface area (Å²) in [4.78, 5) is 20.3. The Balaban J connectivity index is 2.29. The highest BCUT2D eigenvalue weighted by Crippen LogP contribution is 2.28. The van der Waals surface area contributed by atoms with Crippen molar-refractivity contribution in [3.05, 3.63) is 40.6 Å². The predicted molar refractivity (Wildman–Crippen MR) is 112 cm³/mol. The van der Waals surface area contributed by atoms with Crippen molar-refractivity contribution in [1.82, 2.24) is 9.97 Å². The lowest BCUT2D eigenvalue weighted by Crippen LogP contribution is -2.20. The standard InChI is InChI=1S/C21H30N4O4/c1-5-16(26)12-23-20-17(13(3)24-21(22)25-20)11-15-8-7-14(9-18(15)28-4)10-19(27)29-6-2/h7-9,16,26H,5-6,10-12H2,1-4H3,(H3,22,23,24,25). The van der Waals surface area contributed by atoms with Crippen molar-refractivity contribution in [3.8, 4) is 5.75 Å². The highest BCUT2D eigenvalue weighted by Gasteiger charge is 2.16. The molecular weight excluding hydrogens is 372 g/mol. The first-order valence-corrected chi connectivity index (χ1v) is 9.74. The van der Waals surface area contributed by atoms with E-state index in [0.29, 0.717) is 37.6 Å². The Bertz CT molecular complexity index is 842. The zero-order valence-electron chi connectivity index (χ0n) is 17.5. The van der Waals surface area contributed by atoms with Crippen LogP contribution in [0.4, 0.5) is 11.8 Å². The fourth-order valence-corrected chi connectivity index (χ4v) is 2.95. The van der Waals surface area contributed by atoms with Crippen molar-refractivity contribution in [2.45, 2.75) is 46.1 Å². The smallest absolute Gasteiger partial charge is 0.310 e. The molecule has 1 atom stereocenters. The van der Waals surface area contributed by atoms with Crippen LogP contribution in [0.15, 0.2) is 18.2 Å². The van der Waals surface area contributed by atoms with Gasteiger partial charge in [-0.25, -0.2) is 4.98 Å². The largest absolute Gasteiger partial charge is 0.496 e. The number of aromatic nitrogens is 2. The van der Waals surface area contributed by atoms with Gasteiger partial charge in [0.2, 0.25) is 5.95 Å². The van der Waals surface area contributed by atoms with E-state index in [0.717, 1.165) is 22.4 Å².